The highest BCUT2D eigenvalue weighted by Crippen LogP contribution is 2.29. The van der Waals surface area contributed by atoms with Gasteiger partial charge in [-0.1, -0.05) is 51.2 Å². The third-order valence-corrected chi connectivity index (χ3v) is 4.83. The molecule has 0 radical (unpaired) electrons. The lowest BCUT2D eigenvalue weighted by atomic mass is 10.1. The third kappa shape index (κ3) is 7.16. The predicted molar refractivity (Wildman–Crippen MR) is 112 cm³/mol. The van der Waals surface area contributed by atoms with Gasteiger partial charge in [-0.25, -0.2) is 22.8 Å². The zero-order valence-corrected chi connectivity index (χ0v) is 18.6. The largest absolute Gasteiger partial charge is 0.484 e. The van der Waals surface area contributed by atoms with Crippen LogP contribution in [0.1, 0.15) is 66.2 Å². The first-order chi connectivity index (χ1) is 16.3. The van der Waals surface area contributed by atoms with Gasteiger partial charge >= 0.3 is 11.9 Å². The van der Waals surface area contributed by atoms with Crippen LogP contribution in [0.2, 0.25) is 0 Å². The Morgan fingerprint density at radius 3 is 1.68 bits per heavy atom. The topological polar surface area (TPSA) is 61.8 Å². The van der Waals surface area contributed by atoms with Gasteiger partial charge in [-0.05, 0) is 18.6 Å². The summed E-state index contributed by atoms with van der Waals surface area (Å²) < 4.78 is 81.3. The lowest BCUT2D eigenvalue weighted by Crippen LogP contribution is -2.17. The number of carbonyl (C=O) groups is 2. The fraction of sp³-hybridized carbons (Fsp3) is 0.417. The van der Waals surface area contributed by atoms with E-state index >= 15 is 0 Å². The van der Waals surface area contributed by atoms with Crippen molar-refractivity contribution in [1.82, 2.24) is 0 Å². The van der Waals surface area contributed by atoms with Crippen LogP contribution in [-0.2, 0) is 9.47 Å². The minimum absolute atomic E-state index is 0.0285. The maximum Gasteiger partial charge on any atom is 0.339 e. The molecule has 0 fully saturated rings. The van der Waals surface area contributed by atoms with Crippen molar-refractivity contribution in [1.29, 1.82) is 0 Å². The number of hydrogen-bond acceptors (Lipinski definition) is 5. The van der Waals surface area contributed by atoms with Gasteiger partial charge in [0.25, 0.3) is 0 Å². The summed E-state index contributed by atoms with van der Waals surface area (Å²) >= 11 is 0. The molecule has 0 aliphatic rings. The molecule has 0 aromatic heterocycles. The van der Waals surface area contributed by atoms with Crippen LogP contribution < -0.4 is 4.74 Å². The van der Waals surface area contributed by atoms with Crippen LogP contribution >= 0.6 is 0 Å². The van der Waals surface area contributed by atoms with Gasteiger partial charge in [0.2, 0.25) is 29.1 Å². The number of esters is 2. The Labute approximate surface area is 193 Å². The number of halogens is 5. The molecule has 2 aromatic rings. The molecular formula is C24H25F5O5. The molecule has 0 aliphatic carbocycles. The van der Waals surface area contributed by atoms with Crippen molar-refractivity contribution in [3.63, 3.8) is 0 Å². The Hall–Kier alpha value is -3.17. The molecule has 10 heteroatoms. The van der Waals surface area contributed by atoms with E-state index in [1.54, 1.807) is 0 Å². The summed E-state index contributed by atoms with van der Waals surface area (Å²) in [6, 6.07) is 5.73. The van der Waals surface area contributed by atoms with Crippen molar-refractivity contribution >= 4 is 11.9 Å². The molecule has 0 heterocycles. The fourth-order valence-corrected chi connectivity index (χ4v) is 3.03. The number of ether oxygens (including phenoxy) is 3. The van der Waals surface area contributed by atoms with Crippen molar-refractivity contribution < 1.29 is 45.8 Å². The summed E-state index contributed by atoms with van der Waals surface area (Å²) in [5, 5.41) is 0. The van der Waals surface area contributed by atoms with Crippen LogP contribution in [0.5, 0.6) is 5.75 Å². The second kappa shape index (κ2) is 13.5. The number of rotatable bonds is 13. The van der Waals surface area contributed by atoms with Crippen molar-refractivity contribution in [3.8, 4) is 5.75 Å². The number of benzene rings is 2. The van der Waals surface area contributed by atoms with E-state index in [1.165, 1.54) is 24.3 Å². The average Bonchev–Trinajstić information content (AvgIpc) is 2.85. The minimum atomic E-state index is -2.31. The van der Waals surface area contributed by atoms with Crippen LogP contribution in [0, 0.1) is 29.1 Å². The highest BCUT2D eigenvalue weighted by atomic mass is 19.2. The first-order valence-electron chi connectivity index (χ1n) is 10.9. The Balaban J connectivity index is 1.88. The number of hydrogen-bond donors (Lipinski definition) is 0. The molecule has 0 bridgehead atoms. The van der Waals surface area contributed by atoms with Gasteiger partial charge in [0, 0.05) is 0 Å². The van der Waals surface area contributed by atoms with Crippen molar-refractivity contribution in [2.45, 2.75) is 45.4 Å². The predicted octanol–water partition coefficient (Wildman–Crippen LogP) is 6.14. The normalized spacial score (nSPS) is 10.8. The van der Waals surface area contributed by atoms with Crippen LogP contribution in [0.3, 0.4) is 0 Å². The van der Waals surface area contributed by atoms with E-state index in [9.17, 15) is 31.5 Å². The molecule has 34 heavy (non-hydrogen) atoms. The van der Waals surface area contributed by atoms with Crippen molar-refractivity contribution in [2.24, 2.45) is 0 Å². The molecule has 186 valence electrons. The Kier molecular flexibility index (Phi) is 10.8. The highest BCUT2D eigenvalue weighted by molar-refractivity contribution is 6.03. The molecule has 0 aliphatic heterocycles. The highest BCUT2D eigenvalue weighted by Gasteiger charge is 2.27. The molecule has 0 saturated heterocycles. The minimum Gasteiger partial charge on any atom is -0.484 e. The molecule has 0 N–H and O–H groups in total. The zero-order valence-electron chi connectivity index (χ0n) is 18.6. The Morgan fingerprint density at radius 1 is 0.647 bits per heavy atom. The van der Waals surface area contributed by atoms with E-state index in [1.807, 2.05) is 0 Å². The van der Waals surface area contributed by atoms with E-state index in [-0.39, 0.29) is 17.7 Å². The van der Waals surface area contributed by atoms with Crippen LogP contribution in [0.4, 0.5) is 22.0 Å². The lowest BCUT2D eigenvalue weighted by Gasteiger charge is -2.12. The van der Waals surface area contributed by atoms with E-state index in [0.29, 0.717) is 6.42 Å². The summed E-state index contributed by atoms with van der Waals surface area (Å²) in [4.78, 5) is 24.7. The fourth-order valence-electron chi connectivity index (χ4n) is 3.03. The van der Waals surface area contributed by atoms with Gasteiger partial charge in [-0.3, -0.25) is 0 Å². The first-order valence-corrected chi connectivity index (χ1v) is 10.9. The van der Waals surface area contributed by atoms with Gasteiger partial charge in [0.1, 0.15) is 13.2 Å². The summed E-state index contributed by atoms with van der Waals surface area (Å²) in [6.45, 7) is 1.03. The molecule has 5 nitrogen and oxygen atoms in total. The quantitative estimate of drug-likeness (QED) is 0.112. The van der Waals surface area contributed by atoms with Crippen molar-refractivity contribution in [2.75, 3.05) is 19.8 Å². The second-order valence-electron chi connectivity index (χ2n) is 7.33. The van der Waals surface area contributed by atoms with E-state index in [4.69, 9.17) is 9.47 Å². The molecule has 2 rings (SSSR count). The summed E-state index contributed by atoms with van der Waals surface area (Å²) in [5.41, 5.74) is -0.133. The Bertz CT molecular complexity index is 967. The van der Waals surface area contributed by atoms with Crippen molar-refractivity contribution in [3.05, 3.63) is 64.5 Å². The van der Waals surface area contributed by atoms with Gasteiger partial charge in [0.05, 0.1) is 17.7 Å². The first kappa shape index (κ1) is 27.1. The van der Waals surface area contributed by atoms with E-state index in [0.717, 1.165) is 32.1 Å². The van der Waals surface area contributed by atoms with E-state index < -0.39 is 60.0 Å². The summed E-state index contributed by atoms with van der Waals surface area (Å²) in [6.07, 6.45) is 6.05. The molecule has 0 saturated carbocycles. The molecule has 0 amide bonds. The van der Waals surface area contributed by atoms with Crippen LogP contribution in [-0.4, -0.2) is 31.8 Å². The molecule has 2 aromatic carbocycles. The Morgan fingerprint density at radius 2 is 1.12 bits per heavy atom. The molecule has 0 atom stereocenters. The van der Waals surface area contributed by atoms with E-state index in [2.05, 4.69) is 11.7 Å². The lowest BCUT2D eigenvalue weighted by molar-refractivity contribution is 0.0418. The van der Waals surface area contributed by atoms with Gasteiger partial charge < -0.3 is 14.2 Å². The summed E-state index contributed by atoms with van der Waals surface area (Å²) in [5.74, 6) is -14.0. The van der Waals surface area contributed by atoms with Crippen LogP contribution in [0.25, 0.3) is 0 Å². The SMILES string of the molecule is CCCCCCCCOC(=O)c1ccccc1C(=O)OCCOc1c(F)c(F)c(F)c(F)c1F. The number of unbranched alkanes of at least 4 members (excludes halogenated alkanes) is 5. The van der Waals surface area contributed by atoms with Crippen LogP contribution in [0.15, 0.2) is 24.3 Å². The smallest absolute Gasteiger partial charge is 0.339 e. The third-order valence-electron chi connectivity index (χ3n) is 4.83. The average molecular weight is 488 g/mol. The zero-order chi connectivity index (χ0) is 25.1. The molecule has 0 spiro atoms. The maximum atomic E-state index is 13.6. The maximum absolute atomic E-state index is 13.6. The van der Waals surface area contributed by atoms with Gasteiger partial charge in [-0.15, -0.1) is 0 Å². The molecular weight excluding hydrogens is 463 g/mol. The van der Waals surface area contributed by atoms with Gasteiger partial charge in [0.15, 0.2) is 5.75 Å². The van der Waals surface area contributed by atoms with Gasteiger partial charge in [-0.2, -0.15) is 8.78 Å². The summed E-state index contributed by atoms with van der Waals surface area (Å²) in [7, 11) is 0. The molecule has 0 unspecified atom stereocenters. The number of carbonyl (C=O) groups excluding carboxylic acids is 2. The monoisotopic (exact) mass is 488 g/mol. The standard InChI is InChI=1S/C24H25F5O5/c1-2-3-4-5-6-9-12-33-23(30)15-10-7-8-11-16(15)24(31)34-14-13-32-22-20(28)18(26)17(25)19(27)21(22)29/h7-8,10-11H,2-6,9,12-14H2,1H3. The second-order valence-corrected chi connectivity index (χ2v) is 7.33.